The van der Waals surface area contributed by atoms with Crippen LogP contribution in [-0.4, -0.2) is 40.5 Å². The van der Waals surface area contributed by atoms with Crippen molar-refractivity contribution in [3.63, 3.8) is 0 Å². The maximum Gasteiger partial charge on any atom is 0.265 e. The van der Waals surface area contributed by atoms with Crippen LogP contribution in [0.2, 0.25) is 0 Å². The van der Waals surface area contributed by atoms with E-state index in [2.05, 4.69) is 13.2 Å². The minimum atomic E-state index is -3.86. The summed E-state index contributed by atoms with van der Waals surface area (Å²) in [5.74, 6) is -3.08. The number of imide groups is 2. The maximum atomic E-state index is 13.7. The lowest BCUT2D eigenvalue weighted by Crippen LogP contribution is -2.43. The highest BCUT2D eigenvalue weighted by molar-refractivity contribution is 7.94. The summed E-state index contributed by atoms with van der Waals surface area (Å²) in [6, 6.07) is 16.1. The van der Waals surface area contributed by atoms with Crippen LogP contribution >= 0.6 is 0 Å². The van der Waals surface area contributed by atoms with E-state index in [1.807, 2.05) is 0 Å². The van der Waals surface area contributed by atoms with Crippen LogP contribution < -0.4 is 9.80 Å². The van der Waals surface area contributed by atoms with Crippen molar-refractivity contribution in [2.75, 3.05) is 9.80 Å². The summed E-state index contributed by atoms with van der Waals surface area (Å²) in [5, 5.41) is 1.76. The Hall–Kier alpha value is -5.20. The predicted octanol–water partition coefficient (Wildman–Crippen LogP) is 4.28. The zero-order valence-corrected chi connectivity index (χ0v) is 23.1. The molecule has 0 atom stereocenters. The van der Waals surface area contributed by atoms with Gasteiger partial charge in [0.2, 0.25) is 0 Å². The highest BCUT2D eigenvalue weighted by atomic mass is 32.2. The molecule has 12 heteroatoms. The average molecular weight is 599 g/mol. The first kappa shape index (κ1) is 27.0. The summed E-state index contributed by atoms with van der Waals surface area (Å²) < 4.78 is 49.3. The number of rotatable bonds is 6. The standard InChI is InChI=1S/C30H18N2O8S2/c1-3-41(37,38)19-9-5-7-17(15-19)31-27(33)21-11-13-23-26-24(14-12-22(25(21)26)28(31)34)30(36)32(29(23)35)18-8-6-10-20(16-18)42(39,40)4-2/h3-16H,1-2H2. The quantitative estimate of drug-likeness (QED) is 0.299. The number of hydrogen-bond donors (Lipinski definition) is 0. The molecule has 0 fully saturated rings. The summed E-state index contributed by atoms with van der Waals surface area (Å²) in [6.07, 6.45) is 0. The number of anilines is 2. The van der Waals surface area contributed by atoms with Gasteiger partial charge in [-0.1, -0.05) is 25.3 Å². The van der Waals surface area contributed by atoms with Gasteiger partial charge in [-0.25, -0.2) is 26.6 Å². The van der Waals surface area contributed by atoms with Gasteiger partial charge in [-0.05, 0) is 60.7 Å². The topological polar surface area (TPSA) is 143 Å². The fourth-order valence-electron chi connectivity index (χ4n) is 5.14. The van der Waals surface area contributed by atoms with Gasteiger partial charge in [0.25, 0.3) is 23.6 Å². The first-order valence-electron chi connectivity index (χ1n) is 12.2. The highest BCUT2D eigenvalue weighted by Crippen LogP contribution is 2.40. The summed E-state index contributed by atoms with van der Waals surface area (Å²) >= 11 is 0. The fraction of sp³-hybridized carbons (Fsp3) is 0. The molecule has 0 aromatic heterocycles. The van der Waals surface area contributed by atoms with E-state index < -0.39 is 43.3 Å². The molecule has 2 heterocycles. The third-order valence-corrected chi connectivity index (χ3v) is 9.84. The molecule has 0 N–H and O–H groups in total. The summed E-state index contributed by atoms with van der Waals surface area (Å²) in [7, 11) is -7.72. The zero-order chi connectivity index (χ0) is 30.1. The van der Waals surface area contributed by atoms with Crippen molar-refractivity contribution < 1.29 is 36.0 Å². The molecule has 6 rings (SSSR count). The van der Waals surface area contributed by atoms with E-state index in [1.54, 1.807) is 0 Å². The van der Waals surface area contributed by atoms with E-state index in [0.29, 0.717) is 0 Å². The van der Waals surface area contributed by atoms with E-state index in [0.717, 1.165) is 20.6 Å². The van der Waals surface area contributed by atoms with Crippen LogP contribution in [0.4, 0.5) is 11.4 Å². The molecule has 2 aliphatic rings. The number of benzene rings is 4. The normalized spacial score (nSPS) is 14.9. The van der Waals surface area contributed by atoms with Crippen molar-refractivity contribution in [2.24, 2.45) is 0 Å². The van der Waals surface area contributed by atoms with Gasteiger partial charge in [-0.3, -0.25) is 19.2 Å². The third-order valence-electron chi connectivity index (χ3n) is 7.14. The molecule has 0 unspecified atom stereocenters. The summed E-state index contributed by atoms with van der Waals surface area (Å²) in [6.45, 7) is 6.60. The molecule has 4 amide bonds. The van der Waals surface area contributed by atoms with Gasteiger partial charge in [-0.2, -0.15) is 0 Å². The van der Waals surface area contributed by atoms with Crippen molar-refractivity contribution in [3.8, 4) is 0 Å². The number of sulfone groups is 2. The van der Waals surface area contributed by atoms with Crippen molar-refractivity contribution in [3.05, 3.63) is 119 Å². The third kappa shape index (κ3) is 3.76. The Bertz CT molecular complexity index is 1970. The largest absolute Gasteiger partial charge is 0.268 e. The Morgan fingerprint density at radius 2 is 0.810 bits per heavy atom. The molecule has 0 saturated heterocycles. The van der Waals surface area contributed by atoms with Gasteiger partial charge >= 0.3 is 0 Å². The smallest absolute Gasteiger partial charge is 0.265 e. The average Bonchev–Trinajstić information content (AvgIpc) is 2.99. The molecule has 0 saturated carbocycles. The van der Waals surface area contributed by atoms with E-state index >= 15 is 0 Å². The molecule has 10 nitrogen and oxygen atoms in total. The van der Waals surface area contributed by atoms with Crippen LogP contribution in [-0.2, 0) is 19.7 Å². The minimum Gasteiger partial charge on any atom is -0.268 e. The Morgan fingerprint density at radius 3 is 1.10 bits per heavy atom. The van der Waals surface area contributed by atoms with Crippen LogP contribution in [0.5, 0.6) is 0 Å². The molecule has 208 valence electrons. The van der Waals surface area contributed by atoms with Gasteiger partial charge in [0, 0.05) is 43.8 Å². The lowest BCUT2D eigenvalue weighted by atomic mass is 9.85. The second kappa shape index (κ2) is 9.16. The molecule has 4 aromatic rings. The van der Waals surface area contributed by atoms with E-state index in [1.165, 1.54) is 72.8 Å². The van der Waals surface area contributed by atoms with Crippen LogP contribution in [0.25, 0.3) is 10.8 Å². The lowest BCUT2D eigenvalue weighted by molar-refractivity contribution is 0.0873. The number of hydrogen-bond acceptors (Lipinski definition) is 8. The van der Waals surface area contributed by atoms with E-state index in [-0.39, 0.29) is 54.2 Å². The zero-order valence-electron chi connectivity index (χ0n) is 21.5. The SMILES string of the molecule is C=CS(=O)(=O)c1cccc(N2C(=O)c3ccc4c5c(ccc(c35)C2=O)C(=O)N(c2cccc(S(=O)(=O)C=C)c2)C4=O)c1. The van der Waals surface area contributed by atoms with Crippen LogP contribution in [0.3, 0.4) is 0 Å². The second-order valence-electron chi connectivity index (χ2n) is 9.38. The number of carbonyl (C=O) groups excluding carboxylic acids is 4. The number of nitrogens with zero attached hydrogens (tertiary/aromatic N) is 2. The molecular weight excluding hydrogens is 580 g/mol. The molecule has 42 heavy (non-hydrogen) atoms. The monoisotopic (exact) mass is 598 g/mol. The van der Waals surface area contributed by atoms with E-state index in [9.17, 15) is 36.0 Å². The summed E-state index contributed by atoms with van der Waals surface area (Å²) in [5.41, 5.74) is 0.176. The predicted molar refractivity (Wildman–Crippen MR) is 154 cm³/mol. The fourth-order valence-corrected chi connectivity index (χ4v) is 6.63. The minimum absolute atomic E-state index is 0.0136. The highest BCUT2D eigenvalue weighted by Gasteiger charge is 2.41. The van der Waals surface area contributed by atoms with E-state index in [4.69, 9.17) is 0 Å². The first-order chi connectivity index (χ1) is 19.9. The van der Waals surface area contributed by atoms with Crippen molar-refractivity contribution in [2.45, 2.75) is 9.79 Å². The van der Waals surface area contributed by atoms with Gasteiger partial charge in [0.15, 0.2) is 19.7 Å². The van der Waals surface area contributed by atoms with Crippen molar-refractivity contribution in [1.29, 1.82) is 0 Å². The van der Waals surface area contributed by atoms with Gasteiger partial charge in [0.05, 0.1) is 21.2 Å². The Labute approximate surface area is 239 Å². The van der Waals surface area contributed by atoms with Crippen molar-refractivity contribution >= 4 is 65.5 Å². The summed E-state index contributed by atoms with van der Waals surface area (Å²) in [4.78, 5) is 56.0. The second-order valence-corrected chi connectivity index (χ2v) is 13.2. The maximum absolute atomic E-state index is 13.7. The number of amides is 4. The molecule has 0 aliphatic carbocycles. The van der Waals surface area contributed by atoms with Crippen LogP contribution in [0, 0.1) is 0 Å². The Morgan fingerprint density at radius 1 is 0.500 bits per heavy atom. The molecular formula is C30H18N2O8S2. The lowest BCUT2D eigenvalue weighted by Gasteiger charge is -2.32. The van der Waals surface area contributed by atoms with Gasteiger partial charge in [0.1, 0.15) is 0 Å². The molecule has 2 aliphatic heterocycles. The molecule has 0 bridgehead atoms. The molecule has 0 radical (unpaired) electrons. The van der Waals surface area contributed by atoms with Gasteiger partial charge < -0.3 is 0 Å². The molecule has 0 spiro atoms. The first-order valence-corrected chi connectivity index (χ1v) is 15.3. The Balaban J connectivity index is 1.50. The number of carbonyl (C=O) groups is 4. The van der Waals surface area contributed by atoms with Crippen LogP contribution in [0.15, 0.2) is 107 Å². The van der Waals surface area contributed by atoms with Gasteiger partial charge in [-0.15, -0.1) is 0 Å². The molecule has 4 aromatic carbocycles. The van der Waals surface area contributed by atoms with Crippen LogP contribution in [0.1, 0.15) is 41.4 Å². The Kier molecular flexibility index (Phi) is 5.89. The van der Waals surface area contributed by atoms with Crippen molar-refractivity contribution in [1.82, 2.24) is 0 Å².